The number of nitrogens with zero attached hydrogens (tertiary/aromatic N) is 4. The molecule has 1 saturated heterocycles. The summed E-state index contributed by atoms with van der Waals surface area (Å²) in [5.41, 5.74) is -0.233. The zero-order valence-electron chi connectivity index (χ0n) is 17.6. The van der Waals surface area contributed by atoms with Crippen LogP contribution in [0, 0.1) is 18.7 Å². The van der Waals surface area contributed by atoms with Crippen molar-refractivity contribution in [1.29, 1.82) is 0 Å². The number of piperazine rings is 1. The Morgan fingerprint density at radius 3 is 2.39 bits per heavy atom. The summed E-state index contributed by atoms with van der Waals surface area (Å²) in [5.74, 6) is -0.768. The molecule has 2 aromatic rings. The van der Waals surface area contributed by atoms with Gasteiger partial charge in [0.1, 0.15) is 16.4 Å². The van der Waals surface area contributed by atoms with E-state index in [-0.39, 0.29) is 28.5 Å². The maximum absolute atomic E-state index is 14.0. The minimum absolute atomic E-state index is 0.0154. The highest BCUT2D eigenvalue weighted by Crippen LogP contribution is 2.32. The molecule has 0 saturated carbocycles. The summed E-state index contributed by atoms with van der Waals surface area (Å²) in [6.45, 7) is 6.48. The first-order chi connectivity index (χ1) is 14.3. The van der Waals surface area contributed by atoms with E-state index in [0.29, 0.717) is 25.3 Å². The smallest absolute Gasteiger partial charge is 0.368 e. The first-order valence-corrected chi connectivity index (χ1v) is 11.6. The van der Waals surface area contributed by atoms with Gasteiger partial charge in [0, 0.05) is 37.3 Å². The second-order valence-corrected chi connectivity index (χ2v) is 10.0. The van der Waals surface area contributed by atoms with Gasteiger partial charge in [0.2, 0.25) is 5.95 Å². The van der Waals surface area contributed by atoms with E-state index < -0.39 is 27.5 Å². The van der Waals surface area contributed by atoms with Gasteiger partial charge in [0.05, 0.1) is 6.04 Å². The lowest BCUT2D eigenvalue weighted by molar-refractivity contribution is -0.141. The average Bonchev–Trinajstić information content (AvgIpc) is 2.65. The van der Waals surface area contributed by atoms with Crippen LogP contribution < -0.4 is 9.80 Å². The molecular weight excluding hydrogens is 436 g/mol. The molecule has 0 bridgehead atoms. The van der Waals surface area contributed by atoms with E-state index in [9.17, 15) is 26.0 Å². The first kappa shape index (κ1) is 23.2. The van der Waals surface area contributed by atoms with Crippen molar-refractivity contribution in [3.05, 3.63) is 41.5 Å². The van der Waals surface area contributed by atoms with Crippen molar-refractivity contribution < 1.29 is 26.0 Å². The molecule has 1 aromatic carbocycles. The number of aromatic nitrogens is 2. The molecule has 11 heteroatoms. The Morgan fingerprint density at radius 2 is 1.81 bits per heavy atom. The van der Waals surface area contributed by atoms with Crippen molar-refractivity contribution in [3.8, 4) is 0 Å². The van der Waals surface area contributed by atoms with Crippen molar-refractivity contribution in [2.45, 2.75) is 37.9 Å². The van der Waals surface area contributed by atoms with E-state index in [0.717, 1.165) is 18.4 Å². The number of alkyl halides is 3. The molecule has 0 radical (unpaired) electrons. The van der Waals surface area contributed by atoms with E-state index >= 15 is 0 Å². The van der Waals surface area contributed by atoms with Gasteiger partial charge < -0.3 is 9.80 Å². The van der Waals surface area contributed by atoms with Crippen LogP contribution in [0.25, 0.3) is 0 Å². The van der Waals surface area contributed by atoms with Crippen LogP contribution in [0.2, 0.25) is 0 Å². The van der Waals surface area contributed by atoms with Crippen molar-refractivity contribution in [2.24, 2.45) is 5.92 Å². The Balaban J connectivity index is 1.94. The fourth-order valence-electron chi connectivity index (χ4n) is 3.66. The van der Waals surface area contributed by atoms with E-state index in [1.165, 1.54) is 19.1 Å². The quantitative estimate of drug-likeness (QED) is 0.649. The number of benzene rings is 1. The van der Waals surface area contributed by atoms with E-state index in [2.05, 4.69) is 9.97 Å². The monoisotopic (exact) mass is 460 g/mol. The van der Waals surface area contributed by atoms with Crippen LogP contribution in [-0.4, -0.2) is 50.3 Å². The van der Waals surface area contributed by atoms with E-state index in [1.54, 1.807) is 4.90 Å². The molecule has 1 atom stereocenters. The first-order valence-electron chi connectivity index (χ1n) is 9.71. The molecule has 1 fully saturated rings. The Kier molecular flexibility index (Phi) is 6.18. The third-order valence-electron chi connectivity index (χ3n) is 5.26. The fraction of sp³-hybridized carbons (Fsp3) is 0.500. The molecule has 0 aliphatic carbocycles. The van der Waals surface area contributed by atoms with Gasteiger partial charge in [-0.15, -0.1) is 0 Å². The zero-order valence-corrected chi connectivity index (χ0v) is 18.4. The lowest BCUT2D eigenvalue weighted by Crippen LogP contribution is -2.56. The van der Waals surface area contributed by atoms with Gasteiger partial charge in [-0.2, -0.15) is 13.2 Å². The standard InChI is InChI=1S/C20H24F4N4O2S/c1-12(2)16-11-27(14-5-6-15(21)17(10-14)31(4,29)30)7-8-28(16)19-25-13(3)9-18(26-19)20(22,23)24/h5-6,9-10,12,16H,7-8,11H2,1-4H3/t16-/m0/s1. The Hall–Kier alpha value is -2.43. The third kappa shape index (κ3) is 5.08. The van der Waals surface area contributed by atoms with Gasteiger partial charge in [0.15, 0.2) is 9.84 Å². The molecule has 2 heterocycles. The predicted molar refractivity (Wildman–Crippen MR) is 109 cm³/mol. The third-order valence-corrected chi connectivity index (χ3v) is 6.37. The largest absolute Gasteiger partial charge is 0.433 e. The summed E-state index contributed by atoms with van der Waals surface area (Å²) in [7, 11) is -3.74. The summed E-state index contributed by atoms with van der Waals surface area (Å²) in [4.78, 5) is 11.3. The Labute approximate surface area is 178 Å². The minimum atomic E-state index is -4.58. The number of hydrogen-bond acceptors (Lipinski definition) is 6. The van der Waals surface area contributed by atoms with Crippen LogP contribution in [0.1, 0.15) is 25.2 Å². The molecule has 1 aliphatic rings. The van der Waals surface area contributed by atoms with Crippen LogP contribution in [0.3, 0.4) is 0 Å². The molecular formula is C20H24F4N4O2S. The molecule has 1 aliphatic heterocycles. The van der Waals surface area contributed by atoms with Gasteiger partial charge in [-0.1, -0.05) is 13.8 Å². The molecule has 31 heavy (non-hydrogen) atoms. The maximum Gasteiger partial charge on any atom is 0.433 e. The van der Waals surface area contributed by atoms with Crippen molar-refractivity contribution in [2.75, 3.05) is 35.7 Å². The summed E-state index contributed by atoms with van der Waals surface area (Å²) in [6, 6.07) is 4.59. The second kappa shape index (κ2) is 8.25. The van der Waals surface area contributed by atoms with Crippen LogP contribution in [0.4, 0.5) is 29.2 Å². The van der Waals surface area contributed by atoms with E-state index in [4.69, 9.17) is 0 Å². The molecule has 1 aromatic heterocycles. The van der Waals surface area contributed by atoms with Crippen LogP contribution >= 0.6 is 0 Å². The highest BCUT2D eigenvalue weighted by atomic mass is 32.2. The van der Waals surface area contributed by atoms with Gasteiger partial charge in [0.25, 0.3) is 0 Å². The van der Waals surface area contributed by atoms with Gasteiger partial charge in [-0.25, -0.2) is 22.8 Å². The summed E-state index contributed by atoms with van der Waals surface area (Å²) in [6.07, 6.45) is -3.63. The number of halogens is 4. The van der Waals surface area contributed by atoms with Crippen molar-refractivity contribution >= 4 is 21.5 Å². The van der Waals surface area contributed by atoms with Crippen LogP contribution in [-0.2, 0) is 16.0 Å². The molecule has 0 spiro atoms. The maximum atomic E-state index is 14.0. The van der Waals surface area contributed by atoms with Gasteiger partial charge in [-0.05, 0) is 37.1 Å². The number of rotatable bonds is 4. The number of sulfone groups is 1. The topological polar surface area (TPSA) is 66.4 Å². The zero-order chi connectivity index (χ0) is 23.1. The molecule has 0 amide bonds. The summed E-state index contributed by atoms with van der Waals surface area (Å²) in [5, 5.41) is 0. The minimum Gasteiger partial charge on any atom is -0.368 e. The Morgan fingerprint density at radius 1 is 1.13 bits per heavy atom. The summed E-state index contributed by atoms with van der Waals surface area (Å²) >= 11 is 0. The lowest BCUT2D eigenvalue weighted by Gasteiger charge is -2.44. The van der Waals surface area contributed by atoms with E-state index in [1.807, 2.05) is 18.7 Å². The molecule has 3 rings (SSSR count). The second-order valence-electron chi connectivity index (χ2n) is 8.03. The number of aryl methyl sites for hydroxylation is 1. The summed E-state index contributed by atoms with van der Waals surface area (Å²) < 4.78 is 77.4. The Bertz CT molecular complexity index is 1070. The number of anilines is 2. The molecule has 0 N–H and O–H groups in total. The fourth-order valence-corrected chi connectivity index (χ4v) is 4.42. The van der Waals surface area contributed by atoms with Gasteiger partial charge >= 0.3 is 6.18 Å². The molecule has 0 unspecified atom stereocenters. The van der Waals surface area contributed by atoms with Crippen LogP contribution in [0.15, 0.2) is 29.2 Å². The number of hydrogen-bond donors (Lipinski definition) is 0. The predicted octanol–water partition coefficient (Wildman–Crippen LogP) is 3.70. The highest BCUT2D eigenvalue weighted by Gasteiger charge is 2.36. The SMILES string of the molecule is Cc1cc(C(F)(F)F)nc(N2CCN(c3ccc(F)c(S(C)(=O)=O)c3)C[C@H]2C(C)C)n1. The molecule has 170 valence electrons. The van der Waals surface area contributed by atoms with Gasteiger partial charge in [-0.3, -0.25) is 0 Å². The van der Waals surface area contributed by atoms with Crippen LogP contribution in [0.5, 0.6) is 0 Å². The molecule has 6 nitrogen and oxygen atoms in total. The van der Waals surface area contributed by atoms with Crippen molar-refractivity contribution in [3.63, 3.8) is 0 Å². The lowest BCUT2D eigenvalue weighted by atomic mass is 9.99. The normalized spacial score (nSPS) is 18.0. The highest BCUT2D eigenvalue weighted by molar-refractivity contribution is 7.90. The average molecular weight is 460 g/mol. The van der Waals surface area contributed by atoms with Crippen molar-refractivity contribution in [1.82, 2.24) is 9.97 Å².